The predicted molar refractivity (Wildman–Crippen MR) is 95.4 cm³/mol. The normalized spacial score (nSPS) is 16.9. The van der Waals surface area contributed by atoms with Crippen LogP contribution in [0.1, 0.15) is 12.8 Å². The molecule has 25 heavy (non-hydrogen) atoms. The summed E-state index contributed by atoms with van der Waals surface area (Å²) < 4.78 is 11.1. The summed E-state index contributed by atoms with van der Waals surface area (Å²) in [5, 5.41) is 8.06. The molecule has 7 heteroatoms. The van der Waals surface area contributed by atoms with Crippen molar-refractivity contribution in [3.8, 4) is 22.8 Å². The highest BCUT2D eigenvalue weighted by Crippen LogP contribution is 2.27. The summed E-state index contributed by atoms with van der Waals surface area (Å²) in [6.45, 7) is 1.54. The molecule has 6 nitrogen and oxygen atoms in total. The van der Waals surface area contributed by atoms with E-state index in [0.29, 0.717) is 29.1 Å². The number of rotatable bonds is 5. The van der Waals surface area contributed by atoms with Gasteiger partial charge in [0.2, 0.25) is 5.82 Å². The predicted octanol–water partition coefficient (Wildman–Crippen LogP) is 4.04. The van der Waals surface area contributed by atoms with Crippen LogP contribution in [0.3, 0.4) is 0 Å². The Morgan fingerprint density at radius 2 is 2.08 bits per heavy atom. The van der Waals surface area contributed by atoms with E-state index in [1.54, 1.807) is 18.3 Å². The van der Waals surface area contributed by atoms with Crippen LogP contribution in [-0.2, 0) is 4.74 Å². The molecule has 4 rings (SSSR count). The van der Waals surface area contributed by atoms with E-state index in [1.807, 2.05) is 24.3 Å². The van der Waals surface area contributed by atoms with Crippen molar-refractivity contribution in [2.75, 3.05) is 18.5 Å². The van der Waals surface area contributed by atoms with Gasteiger partial charge in [0.1, 0.15) is 5.82 Å². The van der Waals surface area contributed by atoms with E-state index >= 15 is 0 Å². The minimum atomic E-state index is 0.224. The number of nitrogens with zero attached hydrogens (tertiary/aromatic N) is 3. The minimum absolute atomic E-state index is 0.224. The molecule has 0 amide bonds. The molecule has 1 aliphatic rings. The molecule has 0 bridgehead atoms. The van der Waals surface area contributed by atoms with Crippen LogP contribution in [0.25, 0.3) is 22.8 Å². The van der Waals surface area contributed by atoms with Gasteiger partial charge in [-0.15, -0.1) is 0 Å². The van der Waals surface area contributed by atoms with Crippen LogP contribution < -0.4 is 5.32 Å². The number of halogens is 1. The number of hydrogen-bond acceptors (Lipinski definition) is 6. The molecule has 3 aromatic rings. The summed E-state index contributed by atoms with van der Waals surface area (Å²) in [4.78, 5) is 8.89. The number of benzene rings is 1. The number of ether oxygens (including phenoxy) is 1. The van der Waals surface area contributed by atoms with Gasteiger partial charge in [0.25, 0.3) is 5.89 Å². The maximum absolute atomic E-state index is 5.92. The second-order valence-electron chi connectivity index (χ2n) is 5.85. The van der Waals surface area contributed by atoms with Crippen molar-refractivity contribution < 1.29 is 9.26 Å². The van der Waals surface area contributed by atoms with E-state index in [0.717, 1.165) is 30.6 Å². The van der Waals surface area contributed by atoms with E-state index in [-0.39, 0.29) is 6.10 Å². The first-order chi connectivity index (χ1) is 12.3. The van der Waals surface area contributed by atoms with Gasteiger partial charge < -0.3 is 14.6 Å². The zero-order valence-corrected chi connectivity index (χ0v) is 14.2. The molecule has 2 aromatic heterocycles. The Hall–Kier alpha value is -2.44. The van der Waals surface area contributed by atoms with Gasteiger partial charge in [0, 0.05) is 29.9 Å². The lowest BCUT2D eigenvalue weighted by atomic mass is 10.2. The summed E-state index contributed by atoms with van der Waals surface area (Å²) >= 11 is 5.92. The van der Waals surface area contributed by atoms with Crippen molar-refractivity contribution in [3.05, 3.63) is 47.6 Å². The third kappa shape index (κ3) is 3.65. The molecule has 0 unspecified atom stereocenters. The van der Waals surface area contributed by atoms with Crippen molar-refractivity contribution in [1.82, 2.24) is 15.1 Å². The maximum Gasteiger partial charge on any atom is 0.261 e. The smallest absolute Gasteiger partial charge is 0.261 e. The van der Waals surface area contributed by atoms with E-state index in [2.05, 4.69) is 20.4 Å². The van der Waals surface area contributed by atoms with Gasteiger partial charge in [-0.2, -0.15) is 4.98 Å². The molecular formula is C18H17ClN4O2. The first-order valence-corrected chi connectivity index (χ1v) is 8.58. The molecule has 1 N–H and O–H groups in total. The standard InChI is InChI=1S/C18H17ClN4O2/c19-13-7-5-12(6-8-13)16-22-18(25-23-16)15-4-1-9-20-17(15)21-11-14-3-2-10-24-14/h1,4-9,14H,2-3,10-11H2,(H,20,21)/t14-/m0/s1. The Morgan fingerprint density at radius 1 is 1.20 bits per heavy atom. The third-order valence-electron chi connectivity index (χ3n) is 4.09. The Kier molecular flexibility index (Phi) is 4.63. The molecule has 3 heterocycles. The van der Waals surface area contributed by atoms with Gasteiger partial charge >= 0.3 is 0 Å². The highest BCUT2D eigenvalue weighted by molar-refractivity contribution is 6.30. The van der Waals surface area contributed by atoms with Gasteiger partial charge in [-0.05, 0) is 49.2 Å². The Morgan fingerprint density at radius 3 is 2.88 bits per heavy atom. The average molecular weight is 357 g/mol. The first kappa shape index (κ1) is 16.1. The van der Waals surface area contributed by atoms with Crippen LogP contribution in [-0.4, -0.2) is 34.4 Å². The van der Waals surface area contributed by atoms with Crippen molar-refractivity contribution in [3.63, 3.8) is 0 Å². The van der Waals surface area contributed by atoms with E-state index in [1.165, 1.54) is 0 Å². The number of nitrogens with one attached hydrogen (secondary N) is 1. The molecule has 1 saturated heterocycles. The van der Waals surface area contributed by atoms with Crippen molar-refractivity contribution in [2.45, 2.75) is 18.9 Å². The average Bonchev–Trinajstić information content (AvgIpc) is 3.33. The van der Waals surface area contributed by atoms with Crippen LogP contribution >= 0.6 is 11.6 Å². The van der Waals surface area contributed by atoms with Crippen molar-refractivity contribution >= 4 is 17.4 Å². The van der Waals surface area contributed by atoms with Crippen LogP contribution in [0, 0.1) is 0 Å². The monoisotopic (exact) mass is 356 g/mol. The number of aromatic nitrogens is 3. The Balaban J connectivity index is 1.56. The SMILES string of the molecule is Clc1ccc(-c2noc(-c3cccnc3NC[C@@H]3CCCO3)n2)cc1. The number of anilines is 1. The van der Waals surface area contributed by atoms with Gasteiger partial charge in [0.15, 0.2) is 0 Å². The molecule has 1 fully saturated rings. The summed E-state index contributed by atoms with van der Waals surface area (Å²) in [6, 6.07) is 11.1. The van der Waals surface area contributed by atoms with Crippen LogP contribution in [0.2, 0.25) is 5.02 Å². The summed E-state index contributed by atoms with van der Waals surface area (Å²) in [5.41, 5.74) is 1.62. The fourth-order valence-corrected chi connectivity index (χ4v) is 2.91. The fraction of sp³-hybridized carbons (Fsp3) is 0.278. The molecular weight excluding hydrogens is 340 g/mol. The zero-order chi connectivity index (χ0) is 17.1. The fourth-order valence-electron chi connectivity index (χ4n) is 2.78. The van der Waals surface area contributed by atoms with Gasteiger partial charge in [-0.3, -0.25) is 0 Å². The van der Waals surface area contributed by atoms with Gasteiger partial charge in [-0.25, -0.2) is 4.98 Å². The molecule has 0 aliphatic carbocycles. The van der Waals surface area contributed by atoms with Crippen LogP contribution in [0.4, 0.5) is 5.82 Å². The minimum Gasteiger partial charge on any atom is -0.376 e. The highest BCUT2D eigenvalue weighted by atomic mass is 35.5. The summed E-state index contributed by atoms with van der Waals surface area (Å²) in [5.74, 6) is 1.65. The zero-order valence-electron chi connectivity index (χ0n) is 13.5. The molecule has 0 spiro atoms. The molecule has 1 aliphatic heterocycles. The lowest BCUT2D eigenvalue weighted by Crippen LogP contribution is -2.19. The van der Waals surface area contributed by atoms with Crippen molar-refractivity contribution in [1.29, 1.82) is 0 Å². The number of hydrogen-bond donors (Lipinski definition) is 1. The van der Waals surface area contributed by atoms with E-state index in [9.17, 15) is 0 Å². The Labute approximate surface area is 150 Å². The highest BCUT2D eigenvalue weighted by Gasteiger charge is 2.18. The largest absolute Gasteiger partial charge is 0.376 e. The van der Waals surface area contributed by atoms with Crippen molar-refractivity contribution in [2.24, 2.45) is 0 Å². The third-order valence-corrected chi connectivity index (χ3v) is 4.34. The lowest BCUT2D eigenvalue weighted by Gasteiger charge is -2.12. The van der Waals surface area contributed by atoms with Crippen LogP contribution in [0.15, 0.2) is 47.1 Å². The molecule has 128 valence electrons. The lowest BCUT2D eigenvalue weighted by molar-refractivity contribution is 0.120. The molecule has 0 saturated carbocycles. The van der Waals surface area contributed by atoms with E-state index in [4.69, 9.17) is 20.9 Å². The maximum atomic E-state index is 5.92. The molecule has 1 atom stereocenters. The summed E-state index contributed by atoms with van der Waals surface area (Å²) in [6.07, 6.45) is 4.13. The first-order valence-electron chi connectivity index (χ1n) is 8.20. The second-order valence-corrected chi connectivity index (χ2v) is 6.28. The quantitative estimate of drug-likeness (QED) is 0.743. The van der Waals surface area contributed by atoms with Gasteiger partial charge in [0.05, 0.1) is 11.7 Å². The second kappa shape index (κ2) is 7.21. The summed E-state index contributed by atoms with van der Waals surface area (Å²) in [7, 11) is 0. The Bertz CT molecular complexity index is 844. The molecule has 0 radical (unpaired) electrons. The molecule has 1 aromatic carbocycles. The van der Waals surface area contributed by atoms with Gasteiger partial charge in [-0.1, -0.05) is 16.8 Å². The van der Waals surface area contributed by atoms with Crippen LogP contribution in [0.5, 0.6) is 0 Å². The topological polar surface area (TPSA) is 73.1 Å². The van der Waals surface area contributed by atoms with E-state index < -0.39 is 0 Å². The number of pyridine rings is 1.